The number of fused-ring (bicyclic) bond motifs is 1. The van der Waals surface area contributed by atoms with Crippen LogP contribution in [-0.4, -0.2) is 22.3 Å². The zero-order chi connectivity index (χ0) is 17.3. The molecule has 2 heterocycles. The van der Waals surface area contributed by atoms with Crippen LogP contribution < -0.4 is 15.0 Å². The third-order valence-corrected chi connectivity index (χ3v) is 4.24. The van der Waals surface area contributed by atoms with Gasteiger partial charge in [-0.05, 0) is 29.5 Å². The largest absolute Gasteiger partial charge is 0.490 e. The van der Waals surface area contributed by atoms with Gasteiger partial charge in [0.2, 0.25) is 0 Å². The molecule has 1 aliphatic heterocycles. The highest BCUT2D eigenvalue weighted by Gasteiger charge is 2.25. The molecule has 1 aromatic carbocycles. The fraction of sp³-hybridized carbons (Fsp3) is 0.474. The number of rotatable bonds is 4. The Kier molecular flexibility index (Phi) is 4.35. The fourth-order valence-electron chi connectivity index (χ4n) is 2.72. The molecule has 1 aliphatic rings. The van der Waals surface area contributed by atoms with Crippen molar-refractivity contribution < 1.29 is 9.47 Å². The molecular formula is C19H24N2O3. The maximum atomic E-state index is 11.8. The van der Waals surface area contributed by atoms with E-state index in [0.29, 0.717) is 31.1 Å². The number of aryl methyl sites for hydroxylation is 1. The normalized spacial score (nSPS) is 16.6. The van der Waals surface area contributed by atoms with E-state index < -0.39 is 0 Å². The van der Waals surface area contributed by atoms with E-state index in [1.807, 2.05) is 29.8 Å². The molecule has 5 nitrogen and oxygen atoms in total. The predicted octanol–water partition coefficient (Wildman–Crippen LogP) is 2.94. The highest BCUT2D eigenvalue weighted by molar-refractivity contribution is 5.31. The minimum atomic E-state index is -0.205. The number of aromatic nitrogens is 2. The third kappa shape index (κ3) is 3.45. The maximum absolute atomic E-state index is 11.8. The molecular weight excluding hydrogens is 304 g/mol. The Hall–Kier alpha value is -2.30. The van der Waals surface area contributed by atoms with Crippen LogP contribution in [0.3, 0.4) is 0 Å². The number of hydrogen-bond donors (Lipinski definition) is 0. The van der Waals surface area contributed by atoms with Crippen molar-refractivity contribution in [1.29, 1.82) is 0 Å². The first-order valence-electron chi connectivity index (χ1n) is 8.37. The lowest BCUT2D eigenvalue weighted by molar-refractivity contribution is 0.143. The predicted molar refractivity (Wildman–Crippen MR) is 92.9 cm³/mol. The van der Waals surface area contributed by atoms with Gasteiger partial charge in [-0.15, -0.1) is 0 Å². The molecule has 0 N–H and O–H groups in total. The molecule has 0 saturated carbocycles. The SMILES string of the molecule is CCc1cn2c(nc1=O)O[C@H](COc1ccc(C(C)(C)C)cc1)C2. The van der Waals surface area contributed by atoms with E-state index in [2.05, 4.69) is 37.9 Å². The highest BCUT2D eigenvalue weighted by Crippen LogP contribution is 2.25. The number of nitrogens with zero attached hydrogens (tertiary/aromatic N) is 2. The Morgan fingerprint density at radius 2 is 2.00 bits per heavy atom. The van der Waals surface area contributed by atoms with Crippen LogP contribution in [0.2, 0.25) is 0 Å². The average Bonchev–Trinajstić information content (AvgIpc) is 2.93. The Morgan fingerprint density at radius 3 is 2.62 bits per heavy atom. The van der Waals surface area contributed by atoms with E-state index in [9.17, 15) is 4.79 Å². The summed E-state index contributed by atoms with van der Waals surface area (Å²) >= 11 is 0. The zero-order valence-electron chi connectivity index (χ0n) is 14.7. The molecule has 1 aromatic heterocycles. The number of benzene rings is 1. The Balaban J connectivity index is 1.61. The molecule has 1 atom stereocenters. The lowest BCUT2D eigenvalue weighted by Gasteiger charge is -2.19. The van der Waals surface area contributed by atoms with E-state index in [0.717, 1.165) is 5.75 Å². The van der Waals surface area contributed by atoms with E-state index >= 15 is 0 Å². The first-order chi connectivity index (χ1) is 11.4. The molecule has 0 aliphatic carbocycles. The van der Waals surface area contributed by atoms with Gasteiger partial charge in [-0.1, -0.05) is 39.8 Å². The van der Waals surface area contributed by atoms with Crippen molar-refractivity contribution in [3.63, 3.8) is 0 Å². The highest BCUT2D eigenvalue weighted by atomic mass is 16.6. The van der Waals surface area contributed by atoms with Crippen molar-refractivity contribution in [2.24, 2.45) is 0 Å². The van der Waals surface area contributed by atoms with Crippen molar-refractivity contribution in [3.05, 3.63) is 51.9 Å². The van der Waals surface area contributed by atoms with Gasteiger partial charge < -0.3 is 9.47 Å². The van der Waals surface area contributed by atoms with E-state index in [-0.39, 0.29) is 17.1 Å². The van der Waals surface area contributed by atoms with E-state index in [1.165, 1.54) is 5.56 Å². The molecule has 0 radical (unpaired) electrons. The van der Waals surface area contributed by atoms with Gasteiger partial charge in [0.25, 0.3) is 11.6 Å². The molecule has 0 bridgehead atoms. The van der Waals surface area contributed by atoms with Crippen LogP contribution in [0, 0.1) is 0 Å². The van der Waals surface area contributed by atoms with Crippen LogP contribution in [0.25, 0.3) is 0 Å². The van der Waals surface area contributed by atoms with Gasteiger partial charge in [0.1, 0.15) is 12.4 Å². The first kappa shape index (κ1) is 16.6. The van der Waals surface area contributed by atoms with Crippen molar-refractivity contribution in [1.82, 2.24) is 9.55 Å². The quantitative estimate of drug-likeness (QED) is 0.866. The molecule has 3 rings (SSSR count). The first-order valence-corrected chi connectivity index (χ1v) is 8.37. The standard InChI is InChI=1S/C19H24N2O3/c1-5-13-10-21-11-16(24-18(21)20-17(13)22)12-23-15-8-6-14(7-9-15)19(2,3)4/h6-10,16H,5,11-12H2,1-4H3/t16-/m0/s1. The van der Waals surface area contributed by atoms with Gasteiger partial charge in [-0.3, -0.25) is 9.36 Å². The number of hydrogen-bond acceptors (Lipinski definition) is 4. The molecule has 5 heteroatoms. The van der Waals surface area contributed by atoms with Crippen LogP contribution in [-0.2, 0) is 18.4 Å². The molecule has 128 valence electrons. The Morgan fingerprint density at radius 1 is 1.29 bits per heavy atom. The summed E-state index contributed by atoms with van der Waals surface area (Å²) in [6.07, 6.45) is 2.38. The van der Waals surface area contributed by atoms with E-state index in [1.54, 1.807) is 0 Å². The van der Waals surface area contributed by atoms with Crippen LogP contribution in [0.15, 0.2) is 35.3 Å². The van der Waals surface area contributed by atoms with Crippen molar-refractivity contribution in [2.75, 3.05) is 6.61 Å². The fourth-order valence-corrected chi connectivity index (χ4v) is 2.72. The van der Waals surface area contributed by atoms with Crippen molar-refractivity contribution in [2.45, 2.75) is 52.2 Å². The zero-order valence-corrected chi connectivity index (χ0v) is 14.7. The molecule has 24 heavy (non-hydrogen) atoms. The summed E-state index contributed by atoms with van der Waals surface area (Å²) in [6.45, 7) is 9.58. The summed E-state index contributed by atoms with van der Waals surface area (Å²) in [6, 6.07) is 8.53. The monoisotopic (exact) mass is 328 g/mol. The second-order valence-corrected chi connectivity index (χ2v) is 7.19. The Labute approximate surface area is 142 Å². The lowest BCUT2D eigenvalue weighted by Crippen LogP contribution is -2.23. The molecule has 0 spiro atoms. The van der Waals surface area contributed by atoms with Gasteiger partial charge in [0.05, 0.1) is 6.54 Å². The Bertz CT molecular complexity index is 773. The maximum Gasteiger partial charge on any atom is 0.300 e. The van der Waals surface area contributed by atoms with Crippen LogP contribution in [0.1, 0.15) is 38.8 Å². The topological polar surface area (TPSA) is 53.4 Å². The molecule has 0 saturated heterocycles. The smallest absolute Gasteiger partial charge is 0.300 e. The van der Waals surface area contributed by atoms with Gasteiger partial charge in [-0.2, -0.15) is 4.98 Å². The van der Waals surface area contributed by atoms with Gasteiger partial charge >= 0.3 is 0 Å². The van der Waals surface area contributed by atoms with Gasteiger partial charge in [-0.25, -0.2) is 0 Å². The van der Waals surface area contributed by atoms with Crippen LogP contribution >= 0.6 is 0 Å². The molecule has 0 unspecified atom stereocenters. The van der Waals surface area contributed by atoms with Crippen molar-refractivity contribution in [3.8, 4) is 11.8 Å². The minimum Gasteiger partial charge on any atom is -0.490 e. The summed E-state index contributed by atoms with van der Waals surface area (Å²) in [4.78, 5) is 15.8. The summed E-state index contributed by atoms with van der Waals surface area (Å²) in [5, 5.41) is 0. The molecule has 0 amide bonds. The van der Waals surface area contributed by atoms with Crippen molar-refractivity contribution >= 4 is 0 Å². The second kappa shape index (κ2) is 6.30. The summed E-state index contributed by atoms with van der Waals surface area (Å²) in [5.41, 5.74) is 1.91. The average molecular weight is 328 g/mol. The van der Waals surface area contributed by atoms with Crippen LogP contribution in [0.5, 0.6) is 11.8 Å². The van der Waals surface area contributed by atoms with E-state index in [4.69, 9.17) is 9.47 Å². The van der Waals surface area contributed by atoms with Gasteiger partial charge in [0, 0.05) is 11.8 Å². The summed E-state index contributed by atoms with van der Waals surface area (Å²) in [5.74, 6) is 0.819. The lowest BCUT2D eigenvalue weighted by atomic mass is 9.87. The molecule has 2 aromatic rings. The van der Waals surface area contributed by atoms with Gasteiger partial charge in [0.15, 0.2) is 6.10 Å². The van der Waals surface area contributed by atoms with Crippen LogP contribution in [0.4, 0.5) is 0 Å². The second-order valence-electron chi connectivity index (χ2n) is 7.19. The molecule has 0 fully saturated rings. The minimum absolute atomic E-state index is 0.129. The third-order valence-electron chi connectivity index (χ3n) is 4.24. The summed E-state index contributed by atoms with van der Waals surface area (Å²) < 4.78 is 13.4. The number of ether oxygens (including phenoxy) is 2. The summed E-state index contributed by atoms with van der Waals surface area (Å²) in [7, 11) is 0.